The average molecular weight is 238 g/mol. The number of halogens is 1. The standard InChI is InChI=1S/C10H8ClN3S/c11-7-3-1-6(2-4-7)9(13)8(5-12)10(14)15/h1-4H,13H2,(H2,14,15)/b9-8-. The Bertz CT molecular complexity index is 457. The summed E-state index contributed by atoms with van der Waals surface area (Å²) in [5, 5.41) is 9.40. The maximum absolute atomic E-state index is 8.80. The van der Waals surface area contributed by atoms with E-state index in [2.05, 4.69) is 0 Å². The monoisotopic (exact) mass is 237 g/mol. The van der Waals surface area contributed by atoms with E-state index < -0.39 is 0 Å². The van der Waals surface area contributed by atoms with Crippen LogP contribution in [0.5, 0.6) is 0 Å². The van der Waals surface area contributed by atoms with Crippen molar-refractivity contribution in [3.63, 3.8) is 0 Å². The summed E-state index contributed by atoms with van der Waals surface area (Å²) in [5.41, 5.74) is 12.2. The van der Waals surface area contributed by atoms with Gasteiger partial charge in [-0.3, -0.25) is 0 Å². The van der Waals surface area contributed by atoms with Crippen molar-refractivity contribution in [2.75, 3.05) is 0 Å². The van der Waals surface area contributed by atoms with Crippen LogP contribution < -0.4 is 11.5 Å². The molecule has 15 heavy (non-hydrogen) atoms. The fourth-order valence-electron chi connectivity index (χ4n) is 1.02. The molecule has 3 nitrogen and oxygen atoms in total. The molecule has 1 rings (SSSR count). The number of thiocarbonyl (C=S) groups is 1. The molecule has 0 atom stereocenters. The normalized spacial score (nSPS) is 11.5. The molecule has 0 fully saturated rings. The van der Waals surface area contributed by atoms with Crippen LogP contribution in [0.25, 0.3) is 5.70 Å². The lowest BCUT2D eigenvalue weighted by atomic mass is 10.1. The van der Waals surface area contributed by atoms with Gasteiger partial charge in [0.15, 0.2) is 0 Å². The SMILES string of the molecule is N#C/C(C(N)=S)=C(/N)c1ccc(Cl)cc1. The Morgan fingerprint density at radius 3 is 2.20 bits per heavy atom. The summed E-state index contributed by atoms with van der Waals surface area (Å²) in [4.78, 5) is -0.00931. The lowest BCUT2D eigenvalue weighted by Crippen LogP contribution is -2.15. The highest BCUT2D eigenvalue weighted by Crippen LogP contribution is 2.16. The summed E-state index contributed by atoms with van der Waals surface area (Å²) in [6.45, 7) is 0. The first-order valence-electron chi connectivity index (χ1n) is 4.02. The molecule has 0 aliphatic rings. The molecule has 0 amide bonds. The Hall–Kier alpha value is -1.57. The van der Waals surface area contributed by atoms with Crippen molar-refractivity contribution < 1.29 is 0 Å². The van der Waals surface area contributed by atoms with E-state index in [1.807, 2.05) is 6.07 Å². The molecule has 5 heteroatoms. The van der Waals surface area contributed by atoms with Crippen LogP contribution in [0.1, 0.15) is 5.56 Å². The molecule has 4 N–H and O–H groups in total. The quantitative estimate of drug-likeness (QED) is 0.467. The van der Waals surface area contributed by atoms with Gasteiger partial charge < -0.3 is 11.5 Å². The third-order valence-corrected chi connectivity index (χ3v) is 2.24. The fraction of sp³-hybridized carbons (Fsp3) is 0. The highest BCUT2D eigenvalue weighted by Gasteiger charge is 2.07. The van der Waals surface area contributed by atoms with Crippen molar-refractivity contribution >= 4 is 34.5 Å². The number of benzene rings is 1. The van der Waals surface area contributed by atoms with Gasteiger partial charge in [-0.25, -0.2) is 0 Å². The number of nitrogens with two attached hydrogens (primary N) is 2. The largest absolute Gasteiger partial charge is 0.397 e. The minimum absolute atomic E-state index is 0.00931. The van der Waals surface area contributed by atoms with Crippen LogP contribution in [0.2, 0.25) is 5.02 Å². The van der Waals surface area contributed by atoms with Gasteiger partial charge in [0.1, 0.15) is 16.6 Å². The Morgan fingerprint density at radius 2 is 1.80 bits per heavy atom. The molecule has 0 spiro atoms. The van der Waals surface area contributed by atoms with Crippen LogP contribution in [-0.4, -0.2) is 4.99 Å². The molecule has 0 aliphatic heterocycles. The highest BCUT2D eigenvalue weighted by molar-refractivity contribution is 7.80. The van der Waals surface area contributed by atoms with Gasteiger partial charge in [0.2, 0.25) is 0 Å². The first kappa shape index (κ1) is 11.5. The first-order chi connectivity index (χ1) is 7.06. The van der Waals surface area contributed by atoms with E-state index in [0.717, 1.165) is 0 Å². The lowest BCUT2D eigenvalue weighted by Gasteiger charge is -2.04. The van der Waals surface area contributed by atoms with Crippen LogP contribution in [0.15, 0.2) is 29.8 Å². The number of rotatable bonds is 2. The van der Waals surface area contributed by atoms with Gasteiger partial charge >= 0.3 is 0 Å². The van der Waals surface area contributed by atoms with Gasteiger partial charge in [-0.05, 0) is 17.7 Å². The number of nitriles is 1. The fourth-order valence-corrected chi connectivity index (χ4v) is 1.30. The van der Waals surface area contributed by atoms with Gasteiger partial charge in [-0.1, -0.05) is 36.0 Å². The predicted octanol–water partition coefficient (Wildman–Crippen LogP) is 1.82. The molecule has 76 valence electrons. The van der Waals surface area contributed by atoms with E-state index in [4.69, 9.17) is 40.5 Å². The first-order valence-corrected chi connectivity index (χ1v) is 4.80. The average Bonchev–Trinajstić information content (AvgIpc) is 2.19. The summed E-state index contributed by atoms with van der Waals surface area (Å²) >= 11 is 10.4. The van der Waals surface area contributed by atoms with E-state index in [1.54, 1.807) is 24.3 Å². The Labute approximate surface area is 97.9 Å². The zero-order chi connectivity index (χ0) is 11.4. The number of hydrogen-bond acceptors (Lipinski definition) is 3. The minimum Gasteiger partial charge on any atom is -0.397 e. The summed E-state index contributed by atoms with van der Waals surface area (Å²) < 4.78 is 0. The summed E-state index contributed by atoms with van der Waals surface area (Å²) in [6.07, 6.45) is 0. The third-order valence-electron chi connectivity index (χ3n) is 1.78. The van der Waals surface area contributed by atoms with Crippen LogP contribution >= 0.6 is 23.8 Å². The zero-order valence-corrected chi connectivity index (χ0v) is 9.27. The lowest BCUT2D eigenvalue weighted by molar-refractivity contribution is 1.46. The maximum atomic E-state index is 8.80. The predicted molar refractivity (Wildman–Crippen MR) is 65.0 cm³/mol. The number of hydrogen-bond donors (Lipinski definition) is 2. The van der Waals surface area contributed by atoms with Gasteiger partial charge in [0.05, 0.1) is 5.70 Å². The van der Waals surface area contributed by atoms with Crippen molar-refractivity contribution in [2.45, 2.75) is 0 Å². The van der Waals surface area contributed by atoms with E-state index in [0.29, 0.717) is 10.6 Å². The Kier molecular flexibility index (Phi) is 3.67. The second kappa shape index (κ2) is 4.78. The molecular formula is C10H8ClN3S. The van der Waals surface area contributed by atoms with E-state index >= 15 is 0 Å². The van der Waals surface area contributed by atoms with Crippen molar-refractivity contribution in [1.29, 1.82) is 5.26 Å². The van der Waals surface area contributed by atoms with E-state index in [9.17, 15) is 0 Å². The molecule has 0 bridgehead atoms. The molecule has 1 aromatic rings. The van der Waals surface area contributed by atoms with Gasteiger partial charge in [0.25, 0.3) is 0 Å². The Morgan fingerprint density at radius 1 is 1.27 bits per heavy atom. The topological polar surface area (TPSA) is 75.8 Å². The second-order valence-electron chi connectivity index (χ2n) is 2.77. The van der Waals surface area contributed by atoms with Crippen molar-refractivity contribution in [3.05, 3.63) is 40.4 Å². The molecule has 0 unspecified atom stereocenters. The molecule has 0 heterocycles. The van der Waals surface area contributed by atoms with Crippen molar-refractivity contribution in [2.24, 2.45) is 11.5 Å². The summed E-state index contributed by atoms with van der Waals surface area (Å²) in [5.74, 6) is 0. The molecule has 1 aromatic carbocycles. The summed E-state index contributed by atoms with van der Waals surface area (Å²) in [7, 11) is 0. The minimum atomic E-state index is -0.00931. The molecule has 0 saturated heterocycles. The maximum Gasteiger partial charge on any atom is 0.116 e. The van der Waals surface area contributed by atoms with Crippen LogP contribution in [0.3, 0.4) is 0 Å². The van der Waals surface area contributed by atoms with E-state index in [-0.39, 0.29) is 16.3 Å². The third kappa shape index (κ3) is 2.69. The van der Waals surface area contributed by atoms with Crippen molar-refractivity contribution in [1.82, 2.24) is 0 Å². The molecule has 0 radical (unpaired) electrons. The van der Waals surface area contributed by atoms with Crippen molar-refractivity contribution in [3.8, 4) is 6.07 Å². The molecule has 0 aromatic heterocycles. The van der Waals surface area contributed by atoms with Gasteiger partial charge in [0, 0.05) is 5.02 Å². The van der Waals surface area contributed by atoms with Crippen LogP contribution in [0.4, 0.5) is 0 Å². The molecule has 0 saturated carbocycles. The summed E-state index contributed by atoms with van der Waals surface area (Å²) in [6, 6.07) is 8.63. The van der Waals surface area contributed by atoms with Gasteiger partial charge in [-0.15, -0.1) is 0 Å². The van der Waals surface area contributed by atoms with Gasteiger partial charge in [-0.2, -0.15) is 5.26 Å². The second-order valence-corrected chi connectivity index (χ2v) is 3.65. The van der Waals surface area contributed by atoms with Crippen LogP contribution in [-0.2, 0) is 0 Å². The van der Waals surface area contributed by atoms with E-state index in [1.165, 1.54) is 0 Å². The molecular weight excluding hydrogens is 230 g/mol. The van der Waals surface area contributed by atoms with Crippen LogP contribution in [0, 0.1) is 11.3 Å². The zero-order valence-electron chi connectivity index (χ0n) is 7.70. The molecule has 0 aliphatic carbocycles. The Balaban J connectivity index is 3.24. The highest BCUT2D eigenvalue weighted by atomic mass is 35.5. The number of nitrogens with zero attached hydrogens (tertiary/aromatic N) is 1. The smallest absolute Gasteiger partial charge is 0.116 e.